The van der Waals surface area contributed by atoms with Crippen LogP contribution in [0.5, 0.6) is 0 Å². The minimum atomic E-state index is -3.90. The van der Waals surface area contributed by atoms with E-state index in [1.807, 2.05) is 0 Å². The molecule has 0 aliphatic carbocycles. The second kappa shape index (κ2) is 5.60. The van der Waals surface area contributed by atoms with Gasteiger partial charge in [-0.15, -0.1) is 0 Å². The van der Waals surface area contributed by atoms with Gasteiger partial charge in [-0.1, -0.05) is 0 Å². The standard InChI is InChI=1S/C13H17F2N3O2S/c14-10-1-2-13(12(15)7-10)21(19,20)18-5-3-17(4-6-18)11-8-16-9-11/h1-2,7,11,16H,3-6,8-9H2. The monoisotopic (exact) mass is 317 g/mol. The third kappa shape index (κ3) is 2.80. The van der Waals surface area contributed by atoms with Crippen LogP contribution >= 0.6 is 0 Å². The van der Waals surface area contributed by atoms with Gasteiger partial charge in [0.15, 0.2) is 0 Å². The molecule has 1 aromatic carbocycles. The zero-order valence-corrected chi connectivity index (χ0v) is 12.2. The largest absolute Gasteiger partial charge is 0.314 e. The van der Waals surface area contributed by atoms with Crippen LogP contribution in [0, 0.1) is 11.6 Å². The first-order valence-corrected chi connectivity index (χ1v) is 8.32. The summed E-state index contributed by atoms with van der Waals surface area (Å²) < 4.78 is 52.7. The molecular weight excluding hydrogens is 300 g/mol. The van der Waals surface area contributed by atoms with Crippen LogP contribution in [0.2, 0.25) is 0 Å². The first-order valence-electron chi connectivity index (χ1n) is 6.88. The molecule has 0 spiro atoms. The number of benzene rings is 1. The van der Waals surface area contributed by atoms with Gasteiger partial charge in [-0.25, -0.2) is 17.2 Å². The van der Waals surface area contributed by atoms with Gasteiger partial charge in [-0.3, -0.25) is 4.90 Å². The maximum atomic E-state index is 13.7. The van der Waals surface area contributed by atoms with Crippen molar-refractivity contribution in [3.05, 3.63) is 29.8 Å². The van der Waals surface area contributed by atoms with E-state index in [2.05, 4.69) is 10.2 Å². The molecule has 0 amide bonds. The van der Waals surface area contributed by atoms with Gasteiger partial charge in [0.25, 0.3) is 0 Å². The van der Waals surface area contributed by atoms with Crippen LogP contribution in [0.25, 0.3) is 0 Å². The van der Waals surface area contributed by atoms with Gasteiger partial charge in [-0.2, -0.15) is 4.31 Å². The lowest BCUT2D eigenvalue weighted by atomic mass is 10.1. The van der Waals surface area contributed by atoms with Crippen molar-refractivity contribution < 1.29 is 17.2 Å². The van der Waals surface area contributed by atoms with Gasteiger partial charge >= 0.3 is 0 Å². The van der Waals surface area contributed by atoms with Crippen molar-refractivity contribution in [3.8, 4) is 0 Å². The molecule has 1 N–H and O–H groups in total. The van der Waals surface area contributed by atoms with Crippen LogP contribution < -0.4 is 5.32 Å². The molecule has 1 aromatic rings. The molecule has 21 heavy (non-hydrogen) atoms. The fourth-order valence-corrected chi connectivity index (χ4v) is 4.13. The van der Waals surface area contributed by atoms with E-state index in [1.165, 1.54) is 4.31 Å². The van der Waals surface area contributed by atoms with Gasteiger partial charge in [0, 0.05) is 51.4 Å². The lowest BCUT2D eigenvalue weighted by Crippen LogP contribution is -2.62. The first-order chi connectivity index (χ1) is 9.98. The lowest BCUT2D eigenvalue weighted by Gasteiger charge is -2.42. The Balaban J connectivity index is 1.73. The molecule has 0 bridgehead atoms. The minimum absolute atomic E-state index is 0.329. The molecule has 0 unspecified atom stereocenters. The van der Waals surface area contributed by atoms with Crippen LogP contribution in [0.4, 0.5) is 8.78 Å². The Hall–Kier alpha value is -1.09. The average molecular weight is 317 g/mol. The number of piperazine rings is 1. The molecule has 5 nitrogen and oxygen atoms in total. The topological polar surface area (TPSA) is 52.7 Å². The number of hydrogen-bond acceptors (Lipinski definition) is 4. The molecule has 0 saturated carbocycles. The van der Waals surface area contributed by atoms with Gasteiger partial charge in [0.1, 0.15) is 16.5 Å². The Labute approximate surface area is 122 Å². The summed E-state index contributed by atoms with van der Waals surface area (Å²) in [6, 6.07) is 3.02. The summed E-state index contributed by atoms with van der Waals surface area (Å²) in [6.07, 6.45) is 0. The van der Waals surface area contributed by atoms with E-state index in [4.69, 9.17) is 0 Å². The van der Waals surface area contributed by atoms with E-state index in [0.29, 0.717) is 38.3 Å². The fraction of sp³-hybridized carbons (Fsp3) is 0.538. The maximum Gasteiger partial charge on any atom is 0.246 e. The van der Waals surface area contributed by atoms with Crippen molar-refractivity contribution in [2.24, 2.45) is 0 Å². The smallest absolute Gasteiger partial charge is 0.246 e. The molecule has 8 heteroatoms. The maximum absolute atomic E-state index is 13.7. The van der Waals surface area contributed by atoms with E-state index < -0.39 is 26.6 Å². The zero-order valence-electron chi connectivity index (χ0n) is 11.4. The van der Waals surface area contributed by atoms with Crippen LogP contribution in [-0.2, 0) is 10.0 Å². The van der Waals surface area contributed by atoms with Crippen molar-refractivity contribution in [2.75, 3.05) is 39.3 Å². The molecular formula is C13H17F2N3O2S. The van der Waals surface area contributed by atoms with Crippen LogP contribution in [-0.4, -0.2) is 62.9 Å². The summed E-state index contributed by atoms with van der Waals surface area (Å²) >= 11 is 0. The van der Waals surface area contributed by atoms with Gasteiger partial charge < -0.3 is 5.32 Å². The summed E-state index contributed by atoms with van der Waals surface area (Å²) in [7, 11) is -3.90. The van der Waals surface area contributed by atoms with Gasteiger partial charge in [-0.05, 0) is 12.1 Å². The number of halogens is 2. The highest BCUT2D eigenvalue weighted by molar-refractivity contribution is 7.89. The Kier molecular flexibility index (Phi) is 3.96. The molecule has 0 aromatic heterocycles. The Morgan fingerprint density at radius 1 is 1.10 bits per heavy atom. The predicted molar refractivity (Wildman–Crippen MR) is 73.3 cm³/mol. The van der Waals surface area contributed by atoms with E-state index in [0.717, 1.165) is 25.2 Å². The molecule has 116 valence electrons. The Morgan fingerprint density at radius 3 is 2.29 bits per heavy atom. The summed E-state index contributed by atoms with van der Waals surface area (Å²) in [5.74, 6) is -1.82. The summed E-state index contributed by atoms with van der Waals surface area (Å²) in [5.41, 5.74) is 0. The third-order valence-electron chi connectivity index (χ3n) is 4.06. The Bertz CT molecular complexity index is 626. The molecule has 3 rings (SSSR count). The second-order valence-corrected chi connectivity index (χ2v) is 7.23. The van der Waals surface area contributed by atoms with E-state index in [9.17, 15) is 17.2 Å². The van der Waals surface area contributed by atoms with Crippen molar-refractivity contribution in [2.45, 2.75) is 10.9 Å². The third-order valence-corrected chi connectivity index (χ3v) is 5.99. The van der Waals surface area contributed by atoms with Gasteiger partial charge in [0.2, 0.25) is 10.0 Å². The SMILES string of the molecule is O=S(=O)(c1ccc(F)cc1F)N1CCN(C2CNC2)CC1. The molecule has 2 aliphatic rings. The summed E-state index contributed by atoms with van der Waals surface area (Å²) in [5, 5.41) is 3.18. The molecule has 0 radical (unpaired) electrons. The number of rotatable bonds is 3. The Morgan fingerprint density at radius 2 is 1.76 bits per heavy atom. The minimum Gasteiger partial charge on any atom is -0.314 e. The van der Waals surface area contributed by atoms with E-state index in [-0.39, 0.29) is 0 Å². The molecule has 0 atom stereocenters. The number of nitrogens with one attached hydrogen (secondary N) is 1. The highest BCUT2D eigenvalue weighted by Gasteiger charge is 2.34. The molecule has 2 aliphatic heterocycles. The number of hydrogen-bond donors (Lipinski definition) is 1. The zero-order chi connectivity index (χ0) is 15.0. The lowest BCUT2D eigenvalue weighted by molar-refractivity contribution is 0.103. The quantitative estimate of drug-likeness (QED) is 0.868. The summed E-state index contributed by atoms with van der Waals surface area (Å²) in [6.45, 7) is 3.78. The molecule has 2 heterocycles. The highest BCUT2D eigenvalue weighted by Crippen LogP contribution is 2.22. The van der Waals surface area contributed by atoms with Crippen LogP contribution in [0.15, 0.2) is 23.1 Å². The average Bonchev–Trinajstić information content (AvgIpc) is 2.37. The summed E-state index contributed by atoms with van der Waals surface area (Å²) in [4.78, 5) is 1.78. The van der Waals surface area contributed by atoms with Crippen LogP contribution in [0.3, 0.4) is 0 Å². The predicted octanol–water partition coefficient (Wildman–Crippen LogP) is 0.243. The number of sulfonamides is 1. The van der Waals surface area contributed by atoms with Crippen molar-refractivity contribution in [1.82, 2.24) is 14.5 Å². The highest BCUT2D eigenvalue weighted by atomic mass is 32.2. The molecule has 2 fully saturated rings. The fourth-order valence-electron chi connectivity index (χ4n) is 2.66. The second-order valence-electron chi connectivity index (χ2n) is 5.33. The molecule has 2 saturated heterocycles. The van der Waals surface area contributed by atoms with Crippen molar-refractivity contribution >= 4 is 10.0 Å². The number of nitrogens with zero attached hydrogens (tertiary/aromatic N) is 2. The van der Waals surface area contributed by atoms with Crippen molar-refractivity contribution in [1.29, 1.82) is 0 Å². The first kappa shape index (κ1) is 14.8. The van der Waals surface area contributed by atoms with Crippen molar-refractivity contribution in [3.63, 3.8) is 0 Å². The van der Waals surface area contributed by atoms with E-state index >= 15 is 0 Å². The van der Waals surface area contributed by atoms with Gasteiger partial charge in [0.05, 0.1) is 0 Å². The normalized spacial score (nSPS) is 22.2. The van der Waals surface area contributed by atoms with E-state index in [1.54, 1.807) is 0 Å². The van der Waals surface area contributed by atoms with Crippen LogP contribution in [0.1, 0.15) is 0 Å².